The Hall–Kier alpha value is -0.120. The highest BCUT2D eigenvalue weighted by Gasteiger charge is 2.25. The number of piperidine rings is 2. The van der Waals surface area contributed by atoms with Gasteiger partial charge in [0.2, 0.25) is 0 Å². The molecule has 3 unspecified atom stereocenters. The van der Waals surface area contributed by atoms with Crippen molar-refractivity contribution < 1.29 is 0 Å². The lowest BCUT2D eigenvalue weighted by Gasteiger charge is -2.39. The average molecular weight is 239 g/mol. The predicted molar refractivity (Wildman–Crippen MR) is 73.1 cm³/mol. The second-order valence-corrected chi connectivity index (χ2v) is 6.09. The van der Waals surface area contributed by atoms with Gasteiger partial charge in [0.05, 0.1) is 0 Å². The number of nitrogens with two attached hydrogens (primary N) is 1. The predicted octanol–water partition coefficient (Wildman–Crippen LogP) is 1.67. The van der Waals surface area contributed by atoms with E-state index in [2.05, 4.69) is 23.8 Å². The van der Waals surface area contributed by atoms with Gasteiger partial charge >= 0.3 is 0 Å². The summed E-state index contributed by atoms with van der Waals surface area (Å²) in [7, 11) is 2.29. The molecule has 2 N–H and O–H groups in total. The molecule has 0 aromatic carbocycles. The monoisotopic (exact) mass is 239 g/mol. The first-order chi connectivity index (χ1) is 8.16. The number of likely N-dealkylation sites (tertiary alicyclic amines) is 2. The number of hydrogen-bond donors (Lipinski definition) is 1. The minimum Gasteiger partial charge on any atom is -0.328 e. The van der Waals surface area contributed by atoms with E-state index in [1.54, 1.807) is 0 Å². The summed E-state index contributed by atoms with van der Waals surface area (Å²) in [5.41, 5.74) is 6.01. The molecule has 3 heteroatoms. The van der Waals surface area contributed by atoms with E-state index < -0.39 is 0 Å². The second-order valence-electron chi connectivity index (χ2n) is 6.09. The van der Waals surface area contributed by atoms with Crippen LogP contribution < -0.4 is 5.73 Å². The zero-order chi connectivity index (χ0) is 12.3. The highest BCUT2D eigenvalue weighted by molar-refractivity contribution is 4.82. The highest BCUT2D eigenvalue weighted by Crippen LogP contribution is 2.21. The van der Waals surface area contributed by atoms with Crippen molar-refractivity contribution in [2.24, 2.45) is 5.73 Å². The Balaban J connectivity index is 1.73. The third-order valence-corrected chi connectivity index (χ3v) is 4.73. The van der Waals surface area contributed by atoms with E-state index in [9.17, 15) is 0 Å². The largest absolute Gasteiger partial charge is 0.328 e. The van der Waals surface area contributed by atoms with Gasteiger partial charge in [0, 0.05) is 18.1 Å². The van der Waals surface area contributed by atoms with Crippen molar-refractivity contribution in [3.05, 3.63) is 0 Å². The van der Waals surface area contributed by atoms with Gasteiger partial charge in [0.1, 0.15) is 0 Å². The van der Waals surface area contributed by atoms with Crippen LogP contribution in [0.4, 0.5) is 0 Å². The van der Waals surface area contributed by atoms with Crippen LogP contribution in [0, 0.1) is 0 Å². The van der Waals surface area contributed by atoms with Gasteiger partial charge in [-0.05, 0) is 65.7 Å². The Kier molecular flexibility index (Phi) is 4.83. The molecule has 2 rings (SSSR count). The first-order valence-electron chi connectivity index (χ1n) is 7.36. The molecule has 0 aliphatic carbocycles. The van der Waals surface area contributed by atoms with Crippen molar-refractivity contribution in [1.29, 1.82) is 0 Å². The molecule has 0 amide bonds. The lowest BCUT2D eigenvalue weighted by Crippen LogP contribution is -2.47. The first-order valence-corrected chi connectivity index (χ1v) is 7.36. The summed E-state index contributed by atoms with van der Waals surface area (Å²) in [4.78, 5) is 5.20. The van der Waals surface area contributed by atoms with Crippen molar-refractivity contribution in [3.8, 4) is 0 Å². The average Bonchev–Trinajstić information content (AvgIpc) is 2.30. The van der Waals surface area contributed by atoms with Crippen molar-refractivity contribution >= 4 is 0 Å². The quantitative estimate of drug-likeness (QED) is 0.813. The zero-order valence-corrected chi connectivity index (χ0v) is 11.6. The Labute approximate surface area is 106 Å². The molecule has 2 aliphatic rings. The van der Waals surface area contributed by atoms with E-state index in [1.807, 2.05) is 0 Å². The van der Waals surface area contributed by atoms with Crippen LogP contribution in [-0.4, -0.2) is 54.6 Å². The Morgan fingerprint density at radius 1 is 1.18 bits per heavy atom. The van der Waals surface area contributed by atoms with Gasteiger partial charge in [-0.15, -0.1) is 0 Å². The topological polar surface area (TPSA) is 32.5 Å². The summed E-state index contributed by atoms with van der Waals surface area (Å²) >= 11 is 0. The third-order valence-electron chi connectivity index (χ3n) is 4.73. The molecule has 3 nitrogen and oxygen atoms in total. The summed E-state index contributed by atoms with van der Waals surface area (Å²) in [5.74, 6) is 0. The molecule has 2 heterocycles. The van der Waals surface area contributed by atoms with Gasteiger partial charge in [-0.25, -0.2) is 0 Å². The summed E-state index contributed by atoms with van der Waals surface area (Å²) in [6.45, 7) is 6.11. The number of hydrogen-bond acceptors (Lipinski definition) is 3. The minimum atomic E-state index is 0.443. The van der Waals surface area contributed by atoms with Crippen LogP contribution in [0.15, 0.2) is 0 Å². The zero-order valence-electron chi connectivity index (χ0n) is 11.6. The SMILES string of the molecule is CC1CC(N)CCN1CCC1CCCCN1C. The molecule has 0 saturated carbocycles. The maximum absolute atomic E-state index is 6.01. The Bertz CT molecular complexity index is 232. The van der Waals surface area contributed by atoms with Crippen molar-refractivity contribution in [2.75, 3.05) is 26.7 Å². The molecular formula is C14H29N3. The highest BCUT2D eigenvalue weighted by atomic mass is 15.2. The fraction of sp³-hybridized carbons (Fsp3) is 1.00. The summed E-state index contributed by atoms with van der Waals surface area (Å²) in [5, 5.41) is 0. The van der Waals surface area contributed by atoms with E-state index in [0.717, 1.165) is 6.04 Å². The number of nitrogens with zero attached hydrogens (tertiary/aromatic N) is 2. The smallest absolute Gasteiger partial charge is 0.0104 e. The van der Waals surface area contributed by atoms with Gasteiger partial charge in [0.25, 0.3) is 0 Å². The van der Waals surface area contributed by atoms with Crippen LogP contribution in [0.5, 0.6) is 0 Å². The van der Waals surface area contributed by atoms with Crippen LogP contribution >= 0.6 is 0 Å². The van der Waals surface area contributed by atoms with Gasteiger partial charge in [-0.1, -0.05) is 6.42 Å². The van der Waals surface area contributed by atoms with Crippen LogP contribution in [0.1, 0.15) is 45.4 Å². The van der Waals surface area contributed by atoms with E-state index >= 15 is 0 Å². The Morgan fingerprint density at radius 2 is 2.00 bits per heavy atom. The van der Waals surface area contributed by atoms with Crippen molar-refractivity contribution in [1.82, 2.24) is 9.80 Å². The lowest BCUT2D eigenvalue weighted by molar-refractivity contribution is 0.113. The molecule has 2 saturated heterocycles. The van der Waals surface area contributed by atoms with E-state index in [1.165, 1.54) is 58.2 Å². The van der Waals surface area contributed by atoms with Gasteiger partial charge < -0.3 is 15.5 Å². The standard InChI is InChI=1S/C14H29N3/c1-12-11-13(15)6-9-17(12)10-7-14-5-3-4-8-16(14)2/h12-14H,3-11,15H2,1-2H3. The molecule has 0 aromatic heterocycles. The van der Waals surface area contributed by atoms with Crippen molar-refractivity contribution in [2.45, 2.75) is 63.6 Å². The lowest BCUT2D eigenvalue weighted by atomic mass is 9.96. The van der Waals surface area contributed by atoms with Crippen LogP contribution in [0.2, 0.25) is 0 Å². The molecule has 0 radical (unpaired) electrons. The fourth-order valence-electron chi connectivity index (χ4n) is 3.41. The van der Waals surface area contributed by atoms with Crippen molar-refractivity contribution in [3.63, 3.8) is 0 Å². The molecular weight excluding hydrogens is 210 g/mol. The van der Waals surface area contributed by atoms with E-state index in [0.29, 0.717) is 12.1 Å². The summed E-state index contributed by atoms with van der Waals surface area (Å²) in [6, 6.07) is 1.96. The van der Waals surface area contributed by atoms with Crippen LogP contribution in [-0.2, 0) is 0 Å². The van der Waals surface area contributed by atoms with Gasteiger partial charge in [-0.2, -0.15) is 0 Å². The summed E-state index contributed by atoms with van der Waals surface area (Å²) in [6.07, 6.45) is 7.93. The fourth-order valence-corrected chi connectivity index (χ4v) is 3.41. The third kappa shape index (κ3) is 3.67. The molecule has 17 heavy (non-hydrogen) atoms. The molecule has 0 aromatic rings. The van der Waals surface area contributed by atoms with Crippen LogP contribution in [0.3, 0.4) is 0 Å². The molecule has 0 bridgehead atoms. The number of rotatable bonds is 3. The van der Waals surface area contributed by atoms with Gasteiger partial charge in [0.15, 0.2) is 0 Å². The maximum Gasteiger partial charge on any atom is 0.0104 e. The van der Waals surface area contributed by atoms with E-state index in [-0.39, 0.29) is 0 Å². The maximum atomic E-state index is 6.01. The molecule has 2 fully saturated rings. The second kappa shape index (κ2) is 6.17. The van der Waals surface area contributed by atoms with Gasteiger partial charge in [-0.3, -0.25) is 0 Å². The van der Waals surface area contributed by atoms with Crippen LogP contribution in [0.25, 0.3) is 0 Å². The molecule has 100 valence electrons. The normalized spacial score (nSPS) is 37.2. The molecule has 0 spiro atoms. The first kappa shape index (κ1) is 13.3. The minimum absolute atomic E-state index is 0.443. The van der Waals surface area contributed by atoms with E-state index in [4.69, 9.17) is 5.73 Å². The molecule has 2 aliphatic heterocycles. The molecule has 3 atom stereocenters. The Morgan fingerprint density at radius 3 is 2.71 bits per heavy atom. The summed E-state index contributed by atoms with van der Waals surface area (Å²) < 4.78 is 0.